The Hall–Kier alpha value is -1.02. The van der Waals surface area contributed by atoms with Gasteiger partial charge in [-0.25, -0.2) is 0 Å². The van der Waals surface area contributed by atoms with Crippen LogP contribution in [-0.4, -0.2) is 6.61 Å². The molecule has 0 aliphatic carbocycles. The van der Waals surface area contributed by atoms with Crippen molar-refractivity contribution in [2.75, 3.05) is 6.61 Å². The van der Waals surface area contributed by atoms with Crippen LogP contribution in [0.2, 0.25) is 0 Å². The van der Waals surface area contributed by atoms with Gasteiger partial charge in [-0.1, -0.05) is 38.5 Å². The second-order valence-electron chi connectivity index (χ2n) is 3.78. The summed E-state index contributed by atoms with van der Waals surface area (Å²) in [5.74, 6) is 0.945. The number of hydrogen-bond acceptors (Lipinski definition) is 2. The van der Waals surface area contributed by atoms with E-state index in [1.165, 1.54) is 0 Å². The highest BCUT2D eigenvalue weighted by Gasteiger charge is 2.10. The van der Waals surface area contributed by atoms with Gasteiger partial charge in [-0.2, -0.15) is 0 Å². The summed E-state index contributed by atoms with van der Waals surface area (Å²) >= 11 is 0. The van der Waals surface area contributed by atoms with Crippen molar-refractivity contribution in [3.8, 4) is 5.75 Å². The van der Waals surface area contributed by atoms with Gasteiger partial charge in [0.05, 0.1) is 6.61 Å². The number of hydrogen-bond donors (Lipinski definition) is 1. The van der Waals surface area contributed by atoms with Crippen molar-refractivity contribution < 1.29 is 4.74 Å². The van der Waals surface area contributed by atoms with E-state index in [2.05, 4.69) is 19.9 Å². The predicted molar refractivity (Wildman–Crippen MR) is 64.1 cm³/mol. The van der Waals surface area contributed by atoms with Crippen LogP contribution in [0.15, 0.2) is 24.3 Å². The second kappa shape index (κ2) is 6.46. The molecule has 0 aromatic heterocycles. The lowest BCUT2D eigenvalue weighted by atomic mass is 10.0. The molecule has 0 saturated heterocycles. The number of nitrogens with two attached hydrogens (primary N) is 1. The average Bonchev–Trinajstić information content (AvgIpc) is 2.27. The normalized spacial score (nSPS) is 12.5. The first-order valence-corrected chi connectivity index (χ1v) is 5.76. The number of para-hydroxylation sites is 1. The Morgan fingerprint density at radius 3 is 2.60 bits per heavy atom. The molecule has 0 aliphatic heterocycles. The quantitative estimate of drug-likeness (QED) is 0.777. The van der Waals surface area contributed by atoms with Gasteiger partial charge in [-0.3, -0.25) is 0 Å². The lowest BCUT2D eigenvalue weighted by molar-refractivity contribution is 0.311. The van der Waals surface area contributed by atoms with Gasteiger partial charge in [0.1, 0.15) is 5.75 Å². The Kier molecular flexibility index (Phi) is 5.19. The van der Waals surface area contributed by atoms with E-state index in [9.17, 15) is 0 Å². The molecule has 0 amide bonds. The fraction of sp³-hybridized carbons (Fsp3) is 0.538. The first kappa shape index (κ1) is 12.1. The van der Waals surface area contributed by atoms with Crippen LogP contribution in [0.5, 0.6) is 5.75 Å². The molecule has 1 aromatic carbocycles. The summed E-state index contributed by atoms with van der Waals surface area (Å²) in [6.45, 7) is 5.01. The van der Waals surface area contributed by atoms with Gasteiger partial charge >= 0.3 is 0 Å². The zero-order chi connectivity index (χ0) is 11.1. The summed E-state index contributed by atoms with van der Waals surface area (Å²) in [5, 5.41) is 0. The molecule has 0 bridgehead atoms. The van der Waals surface area contributed by atoms with Crippen LogP contribution in [0.25, 0.3) is 0 Å². The summed E-state index contributed by atoms with van der Waals surface area (Å²) in [6.07, 6.45) is 3.13. The van der Waals surface area contributed by atoms with Crippen LogP contribution in [0.1, 0.15) is 44.7 Å². The van der Waals surface area contributed by atoms with Crippen molar-refractivity contribution in [1.82, 2.24) is 0 Å². The van der Waals surface area contributed by atoms with Crippen LogP contribution >= 0.6 is 0 Å². The zero-order valence-electron chi connectivity index (χ0n) is 9.70. The highest BCUT2D eigenvalue weighted by atomic mass is 16.5. The van der Waals surface area contributed by atoms with Crippen LogP contribution in [0.3, 0.4) is 0 Å². The summed E-state index contributed by atoms with van der Waals surface area (Å²) in [6, 6.07) is 8.17. The number of benzene rings is 1. The van der Waals surface area contributed by atoms with E-state index in [4.69, 9.17) is 10.5 Å². The molecular formula is C13H21NO. The first-order chi connectivity index (χ1) is 7.29. The molecule has 0 spiro atoms. The van der Waals surface area contributed by atoms with Gasteiger partial charge in [0.15, 0.2) is 0 Å². The largest absolute Gasteiger partial charge is 0.493 e. The molecule has 0 aliphatic rings. The van der Waals surface area contributed by atoms with Crippen molar-refractivity contribution in [3.05, 3.63) is 29.8 Å². The van der Waals surface area contributed by atoms with E-state index in [0.29, 0.717) is 0 Å². The van der Waals surface area contributed by atoms with E-state index in [1.54, 1.807) is 0 Å². The summed E-state index contributed by atoms with van der Waals surface area (Å²) in [7, 11) is 0. The first-order valence-electron chi connectivity index (χ1n) is 5.76. The summed E-state index contributed by atoms with van der Waals surface area (Å²) in [5.41, 5.74) is 7.23. The topological polar surface area (TPSA) is 35.2 Å². The molecule has 0 unspecified atom stereocenters. The Balaban J connectivity index is 2.75. The van der Waals surface area contributed by atoms with E-state index < -0.39 is 0 Å². The molecule has 2 heteroatoms. The van der Waals surface area contributed by atoms with Gasteiger partial charge < -0.3 is 10.5 Å². The lowest BCUT2D eigenvalue weighted by Crippen LogP contribution is -2.11. The SMILES string of the molecule is CCCOc1ccccc1[C@@H](N)CCC. The molecule has 15 heavy (non-hydrogen) atoms. The van der Waals surface area contributed by atoms with Crippen LogP contribution in [-0.2, 0) is 0 Å². The third-order valence-corrected chi connectivity index (χ3v) is 2.38. The van der Waals surface area contributed by atoms with E-state index in [-0.39, 0.29) is 6.04 Å². The lowest BCUT2D eigenvalue weighted by Gasteiger charge is -2.16. The van der Waals surface area contributed by atoms with Gasteiger partial charge in [0.2, 0.25) is 0 Å². The van der Waals surface area contributed by atoms with E-state index >= 15 is 0 Å². The van der Waals surface area contributed by atoms with Crippen LogP contribution in [0, 0.1) is 0 Å². The van der Waals surface area contributed by atoms with Crippen molar-refractivity contribution in [3.63, 3.8) is 0 Å². The highest BCUT2D eigenvalue weighted by molar-refractivity contribution is 5.35. The predicted octanol–water partition coefficient (Wildman–Crippen LogP) is 3.28. The maximum absolute atomic E-state index is 6.10. The number of ether oxygens (including phenoxy) is 1. The summed E-state index contributed by atoms with van der Waals surface area (Å²) in [4.78, 5) is 0. The van der Waals surface area contributed by atoms with Crippen molar-refractivity contribution in [2.24, 2.45) is 5.73 Å². The zero-order valence-corrected chi connectivity index (χ0v) is 9.70. The maximum Gasteiger partial charge on any atom is 0.124 e. The smallest absolute Gasteiger partial charge is 0.124 e. The Labute approximate surface area is 92.4 Å². The molecule has 1 aromatic rings. The second-order valence-corrected chi connectivity index (χ2v) is 3.78. The third kappa shape index (κ3) is 3.56. The van der Waals surface area contributed by atoms with Gasteiger partial charge in [-0.05, 0) is 18.9 Å². The maximum atomic E-state index is 6.10. The molecular weight excluding hydrogens is 186 g/mol. The molecule has 2 nitrogen and oxygen atoms in total. The number of rotatable bonds is 6. The van der Waals surface area contributed by atoms with Gasteiger partial charge in [-0.15, -0.1) is 0 Å². The minimum atomic E-state index is 0.100. The molecule has 0 heterocycles. The molecule has 2 N–H and O–H groups in total. The Bertz CT molecular complexity index is 286. The molecule has 1 atom stereocenters. The highest BCUT2D eigenvalue weighted by Crippen LogP contribution is 2.26. The minimum absolute atomic E-state index is 0.100. The summed E-state index contributed by atoms with van der Waals surface area (Å²) < 4.78 is 5.67. The van der Waals surface area contributed by atoms with Gasteiger partial charge in [0, 0.05) is 11.6 Å². The monoisotopic (exact) mass is 207 g/mol. The molecule has 0 fully saturated rings. The average molecular weight is 207 g/mol. The van der Waals surface area contributed by atoms with Crippen LogP contribution < -0.4 is 10.5 Å². The molecule has 0 saturated carbocycles. The molecule has 0 radical (unpaired) electrons. The van der Waals surface area contributed by atoms with Crippen LogP contribution in [0.4, 0.5) is 0 Å². The van der Waals surface area contributed by atoms with E-state index in [0.717, 1.165) is 37.2 Å². The Morgan fingerprint density at radius 2 is 1.93 bits per heavy atom. The standard InChI is InChI=1S/C13H21NO/c1-3-7-12(14)11-8-5-6-9-13(11)15-10-4-2/h5-6,8-9,12H,3-4,7,10,14H2,1-2H3/t12-/m0/s1. The minimum Gasteiger partial charge on any atom is -0.493 e. The van der Waals surface area contributed by atoms with Crippen molar-refractivity contribution in [1.29, 1.82) is 0 Å². The van der Waals surface area contributed by atoms with Gasteiger partial charge in [0.25, 0.3) is 0 Å². The van der Waals surface area contributed by atoms with E-state index in [1.807, 2.05) is 18.2 Å². The molecule has 1 rings (SSSR count). The Morgan fingerprint density at radius 1 is 1.20 bits per heavy atom. The fourth-order valence-corrected chi connectivity index (χ4v) is 1.60. The van der Waals surface area contributed by atoms with Crippen molar-refractivity contribution >= 4 is 0 Å². The molecule has 84 valence electrons. The van der Waals surface area contributed by atoms with Crippen molar-refractivity contribution in [2.45, 2.75) is 39.2 Å². The third-order valence-electron chi connectivity index (χ3n) is 2.38. The fourth-order valence-electron chi connectivity index (χ4n) is 1.60.